The van der Waals surface area contributed by atoms with E-state index in [1.54, 1.807) is 14.2 Å². The number of nitrogens with zero attached hydrogens (tertiary/aromatic N) is 3. The summed E-state index contributed by atoms with van der Waals surface area (Å²) in [5.74, 6) is 1.67. The van der Waals surface area contributed by atoms with E-state index in [1.165, 1.54) is 11.4 Å². The fourth-order valence-corrected chi connectivity index (χ4v) is 3.53. The number of hydrogen-bond donors (Lipinski definition) is 0. The summed E-state index contributed by atoms with van der Waals surface area (Å²) in [7, 11) is 11.7. The summed E-state index contributed by atoms with van der Waals surface area (Å²) in [5.41, 5.74) is 4.46. The minimum Gasteiger partial charge on any atom is -0.496 e. The molecule has 3 rings (SSSR count). The summed E-state index contributed by atoms with van der Waals surface area (Å²) in [6.45, 7) is 0. The predicted molar refractivity (Wildman–Crippen MR) is 99.9 cm³/mol. The average molecular weight is 327 g/mol. The maximum Gasteiger partial charge on any atom is 0.153 e. The van der Waals surface area contributed by atoms with Crippen LogP contribution in [0.2, 0.25) is 0 Å². The van der Waals surface area contributed by atoms with E-state index in [2.05, 4.69) is 53.1 Å². The first-order chi connectivity index (χ1) is 11.5. The summed E-state index contributed by atoms with van der Waals surface area (Å²) in [5, 5.41) is 0. The van der Waals surface area contributed by atoms with Crippen molar-refractivity contribution < 1.29 is 9.47 Å². The molecule has 0 spiro atoms. The lowest BCUT2D eigenvalue weighted by atomic mass is 10.1. The van der Waals surface area contributed by atoms with Gasteiger partial charge in [0.1, 0.15) is 11.9 Å². The zero-order valence-corrected chi connectivity index (χ0v) is 15.2. The minimum absolute atomic E-state index is 0.00667. The Kier molecular flexibility index (Phi) is 4.18. The third kappa shape index (κ3) is 2.31. The molecule has 5 heteroatoms. The van der Waals surface area contributed by atoms with Crippen LogP contribution in [0.15, 0.2) is 36.4 Å². The van der Waals surface area contributed by atoms with Gasteiger partial charge in [-0.25, -0.2) is 0 Å². The van der Waals surface area contributed by atoms with Crippen LogP contribution in [-0.4, -0.2) is 42.4 Å². The lowest BCUT2D eigenvalue weighted by molar-refractivity contribution is 0.379. The highest BCUT2D eigenvalue weighted by atomic mass is 16.5. The van der Waals surface area contributed by atoms with Gasteiger partial charge in [0.15, 0.2) is 5.75 Å². The fraction of sp³-hybridized carbons (Fsp3) is 0.368. The number of ether oxygens (including phenoxy) is 2. The number of para-hydroxylation sites is 2. The maximum absolute atomic E-state index is 5.81. The van der Waals surface area contributed by atoms with Gasteiger partial charge in [-0.15, -0.1) is 0 Å². The molecule has 128 valence electrons. The van der Waals surface area contributed by atoms with Gasteiger partial charge < -0.3 is 24.2 Å². The van der Waals surface area contributed by atoms with Crippen LogP contribution in [0.1, 0.15) is 11.7 Å². The van der Waals surface area contributed by atoms with Crippen molar-refractivity contribution in [3.05, 3.63) is 42.0 Å². The van der Waals surface area contributed by atoms with Crippen LogP contribution in [0.25, 0.3) is 0 Å². The second-order valence-corrected chi connectivity index (χ2v) is 6.21. The number of benzene rings is 2. The molecular weight excluding hydrogens is 302 g/mol. The molecule has 0 atom stereocenters. The molecular formula is C19H25N3O2. The van der Waals surface area contributed by atoms with E-state index in [9.17, 15) is 0 Å². The number of methoxy groups -OCH3 is 2. The van der Waals surface area contributed by atoms with Crippen molar-refractivity contribution in [3.63, 3.8) is 0 Å². The van der Waals surface area contributed by atoms with Crippen molar-refractivity contribution in [2.45, 2.75) is 6.17 Å². The van der Waals surface area contributed by atoms with Crippen molar-refractivity contribution in [3.8, 4) is 11.5 Å². The monoisotopic (exact) mass is 327 g/mol. The molecule has 0 fully saturated rings. The predicted octanol–water partition coefficient (Wildman–Crippen LogP) is 3.35. The Morgan fingerprint density at radius 1 is 0.875 bits per heavy atom. The number of hydrogen-bond acceptors (Lipinski definition) is 5. The first-order valence-corrected chi connectivity index (χ1v) is 7.98. The van der Waals surface area contributed by atoms with Crippen LogP contribution in [0.3, 0.4) is 0 Å². The Morgan fingerprint density at radius 3 is 1.92 bits per heavy atom. The van der Waals surface area contributed by atoms with E-state index in [0.29, 0.717) is 0 Å². The molecule has 0 bridgehead atoms. The summed E-state index contributed by atoms with van der Waals surface area (Å²) >= 11 is 0. The molecule has 0 aromatic heterocycles. The summed E-state index contributed by atoms with van der Waals surface area (Å²) < 4.78 is 11.5. The molecule has 0 radical (unpaired) electrons. The Labute approximate surface area is 144 Å². The quantitative estimate of drug-likeness (QED) is 0.859. The van der Waals surface area contributed by atoms with E-state index in [0.717, 1.165) is 22.7 Å². The second-order valence-electron chi connectivity index (χ2n) is 6.21. The van der Waals surface area contributed by atoms with Gasteiger partial charge in [-0.1, -0.05) is 12.1 Å². The van der Waals surface area contributed by atoms with E-state index in [-0.39, 0.29) is 6.17 Å². The molecule has 0 saturated heterocycles. The van der Waals surface area contributed by atoms with Gasteiger partial charge in [0.2, 0.25) is 0 Å². The smallest absolute Gasteiger partial charge is 0.153 e. The first-order valence-electron chi connectivity index (χ1n) is 7.98. The molecule has 5 nitrogen and oxygen atoms in total. The topological polar surface area (TPSA) is 28.2 Å². The summed E-state index contributed by atoms with van der Waals surface area (Å²) in [6.07, 6.45) is 0.00667. The number of anilines is 3. The normalized spacial score (nSPS) is 13.9. The van der Waals surface area contributed by atoms with Gasteiger partial charge in [0.05, 0.1) is 36.8 Å². The van der Waals surface area contributed by atoms with E-state index >= 15 is 0 Å². The molecule has 24 heavy (non-hydrogen) atoms. The van der Waals surface area contributed by atoms with E-state index < -0.39 is 0 Å². The van der Waals surface area contributed by atoms with Crippen LogP contribution in [-0.2, 0) is 0 Å². The van der Waals surface area contributed by atoms with Gasteiger partial charge in [-0.3, -0.25) is 0 Å². The summed E-state index contributed by atoms with van der Waals surface area (Å²) in [4.78, 5) is 6.58. The van der Waals surface area contributed by atoms with Gasteiger partial charge in [0, 0.05) is 28.2 Å². The fourth-order valence-electron chi connectivity index (χ4n) is 3.53. The standard InChI is InChI=1S/C19H25N3O2/c1-20(2)15-11-12-16(23-5)17(18(15)24-6)19-21(3)13-9-7-8-10-14(13)22(19)4/h7-12,19H,1-6H3. The van der Waals surface area contributed by atoms with Crippen molar-refractivity contribution in [2.75, 3.05) is 57.1 Å². The van der Waals surface area contributed by atoms with Crippen molar-refractivity contribution in [1.82, 2.24) is 0 Å². The molecule has 1 aliphatic heterocycles. The molecule has 2 aromatic carbocycles. The van der Waals surface area contributed by atoms with Gasteiger partial charge in [0.25, 0.3) is 0 Å². The van der Waals surface area contributed by atoms with Crippen LogP contribution in [0, 0.1) is 0 Å². The van der Waals surface area contributed by atoms with E-state index in [1.807, 2.05) is 26.2 Å². The lowest BCUT2D eigenvalue weighted by Gasteiger charge is -2.32. The van der Waals surface area contributed by atoms with Crippen LogP contribution >= 0.6 is 0 Å². The number of rotatable bonds is 4. The van der Waals surface area contributed by atoms with Crippen LogP contribution < -0.4 is 24.2 Å². The average Bonchev–Trinajstić information content (AvgIpc) is 2.84. The Bertz CT molecular complexity index is 716. The van der Waals surface area contributed by atoms with Crippen LogP contribution in [0.5, 0.6) is 11.5 Å². The highest BCUT2D eigenvalue weighted by Crippen LogP contribution is 2.50. The number of fused-ring (bicyclic) bond motifs is 1. The molecule has 0 aliphatic carbocycles. The molecule has 2 aromatic rings. The van der Waals surface area contributed by atoms with Gasteiger partial charge in [-0.2, -0.15) is 0 Å². The minimum atomic E-state index is 0.00667. The van der Waals surface area contributed by atoms with Gasteiger partial charge >= 0.3 is 0 Å². The molecule has 0 unspecified atom stereocenters. The second kappa shape index (κ2) is 6.15. The van der Waals surface area contributed by atoms with Gasteiger partial charge in [-0.05, 0) is 24.3 Å². The Balaban J connectivity index is 2.21. The Hall–Kier alpha value is -2.56. The zero-order valence-electron chi connectivity index (χ0n) is 15.2. The lowest BCUT2D eigenvalue weighted by Crippen LogP contribution is -2.31. The molecule has 0 amide bonds. The molecule has 0 saturated carbocycles. The highest BCUT2D eigenvalue weighted by molar-refractivity contribution is 5.80. The van der Waals surface area contributed by atoms with Crippen molar-refractivity contribution >= 4 is 17.1 Å². The third-order valence-corrected chi connectivity index (χ3v) is 4.67. The zero-order chi connectivity index (χ0) is 17.4. The molecule has 1 aliphatic rings. The Morgan fingerprint density at radius 2 is 1.46 bits per heavy atom. The highest BCUT2D eigenvalue weighted by Gasteiger charge is 2.37. The van der Waals surface area contributed by atoms with E-state index in [4.69, 9.17) is 9.47 Å². The molecule has 1 heterocycles. The first kappa shape index (κ1) is 16.3. The van der Waals surface area contributed by atoms with Crippen molar-refractivity contribution in [1.29, 1.82) is 0 Å². The largest absolute Gasteiger partial charge is 0.496 e. The maximum atomic E-state index is 5.81. The third-order valence-electron chi connectivity index (χ3n) is 4.67. The SMILES string of the molecule is COc1ccc(N(C)C)c(OC)c1C1N(C)c2ccccc2N1C. The van der Waals surface area contributed by atoms with Crippen molar-refractivity contribution in [2.24, 2.45) is 0 Å². The summed E-state index contributed by atoms with van der Waals surface area (Å²) in [6, 6.07) is 12.5. The molecule has 0 N–H and O–H groups in total. The van der Waals surface area contributed by atoms with Crippen LogP contribution in [0.4, 0.5) is 17.1 Å².